The number of piperidine rings is 1. The molecular formula is C28H35FN2O5S. The number of benzene rings is 2. The fourth-order valence-electron chi connectivity index (χ4n) is 5.76. The largest absolute Gasteiger partial charge is 0.377 e. The summed E-state index contributed by atoms with van der Waals surface area (Å²) in [4.78, 5) is 29.1. The summed E-state index contributed by atoms with van der Waals surface area (Å²) >= 11 is 0. The van der Waals surface area contributed by atoms with Gasteiger partial charge in [0.1, 0.15) is 5.82 Å². The monoisotopic (exact) mass is 530 g/mol. The number of carbonyl (C=O) groups is 2. The Morgan fingerprint density at radius 3 is 2.46 bits per heavy atom. The summed E-state index contributed by atoms with van der Waals surface area (Å²) in [6.45, 7) is 3.01. The summed E-state index contributed by atoms with van der Waals surface area (Å²) in [5, 5.41) is 2.70. The zero-order chi connectivity index (χ0) is 26.7. The van der Waals surface area contributed by atoms with Gasteiger partial charge in [-0.2, -0.15) is 0 Å². The number of sulfone groups is 1. The normalized spacial score (nSPS) is 25.1. The topological polar surface area (TPSA) is 92.8 Å². The number of amides is 1. The second kappa shape index (κ2) is 11.4. The van der Waals surface area contributed by atoms with E-state index in [0.29, 0.717) is 49.2 Å². The number of rotatable bonds is 8. The molecule has 2 heterocycles. The summed E-state index contributed by atoms with van der Waals surface area (Å²) < 4.78 is 44.4. The van der Waals surface area contributed by atoms with Crippen LogP contribution in [0, 0.1) is 30.5 Å². The van der Waals surface area contributed by atoms with E-state index in [4.69, 9.17) is 4.74 Å². The zero-order valence-corrected chi connectivity index (χ0v) is 22.3. The van der Waals surface area contributed by atoms with Gasteiger partial charge in [-0.3, -0.25) is 9.59 Å². The Kier molecular flexibility index (Phi) is 8.46. The maximum absolute atomic E-state index is 14.4. The van der Waals surface area contributed by atoms with Crippen LogP contribution in [0.2, 0.25) is 0 Å². The molecule has 2 fully saturated rings. The maximum Gasteiger partial charge on any atom is 0.227 e. The minimum Gasteiger partial charge on any atom is -0.377 e. The molecule has 0 aliphatic carbocycles. The number of hydrogen-bond acceptors (Lipinski definition) is 6. The van der Waals surface area contributed by atoms with Gasteiger partial charge in [0.2, 0.25) is 5.91 Å². The number of hydrogen-bond donors (Lipinski definition) is 1. The van der Waals surface area contributed by atoms with Gasteiger partial charge < -0.3 is 15.0 Å². The van der Waals surface area contributed by atoms with E-state index >= 15 is 0 Å². The number of nitrogens with one attached hydrogen (secondary N) is 1. The zero-order valence-electron chi connectivity index (χ0n) is 21.5. The lowest BCUT2D eigenvalue weighted by Crippen LogP contribution is -2.53. The fraction of sp³-hybridized carbons (Fsp3) is 0.500. The highest BCUT2D eigenvalue weighted by Crippen LogP contribution is 2.39. The van der Waals surface area contributed by atoms with E-state index in [-0.39, 0.29) is 30.0 Å². The minimum atomic E-state index is -3.26. The number of ether oxygens (including phenoxy) is 1. The van der Waals surface area contributed by atoms with Crippen molar-refractivity contribution in [2.24, 2.45) is 17.8 Å². The Bertz CT molecular complexity index is 1240. The van der Waals surface area contributed by atoms with Crippen molar-refractivity contribution in [3.63, 3.8) is 0 Å². The summed E-state index contributed by atoms with van der Waals surface area (Å²) in [6, 6.07) is 13.9. The molecule has 0 radical (unpaired) electrons. The lowest BCUT2D eigenvalue weighted by Gasteiger charge is -2.40. The average Bonchev–Trinajstić information content (AvgIpc) is 3.40. The quantitative estimate of drug-likeness (QED) is 0.527. The Labute approximate surface area is 218 Å². The van der Waals surface area contributed by atoms with Crippen molar-refractivity contribution in [3.8, 4) is 0 Å². The second-order valence-corrected chi connectivity index (χ2v) is 12.5. The molecule has 0 saturated carbocycles. The first-order chi connectivity index (χ1) is 17.6. The lowest BCUT2D eigenvalue weighted by atomic mass is 9.71. The molecule has 0 bridgehead atoms. The van der Waals surface area contributed by atoms with Gasteiger partial charge in [-0.25, -0.2) is 12.8 Å². The standard InChI is InChI=1S/C28H35FN2O5S/c1-18-21(10-7-11-25(18)29)26(36-2)14-22-23(27(32)19-8-5-4-6-9-19)15-30-16-24(22)28(33)31-13-12-20(17-31)37(3,34)35/h4-11,20,22-24,26,30H,12-17H2,1-3H3/t20?,22-,23+,24-,26?/m1/s1. The molecule has 5 atom stereocenters. The first-order valence-corrected chi connectivity index (χ1v) is 14.6. The van der Waals surface area contributed by atoms with Crippen LogP contribution in [0.3, 0.4) is 0 Å². The Balaban J connectivity index is 1.67. The van der Waals surface area contributed by atoms with Gasteiger partial charge in [0, 0.05) is 51.0 Å². The van der Waals surface area contributed by atoms with Crippen molar-refractivity contribution in [2.75, 3.05) is 39.5 Å². The number of carbonyl (C=O) groups excluding carboxylic acids is 2. The van der Waals surface area contributed by atoms with Crippen LogP contribution in [-0.4, -0.2) is 69.8 Å². The van der Waals surface area contributed by atoms with Crippen molar-refractivity contribution >= 4 is 21.5 Å². The highest BCUT2D eigenvalue weighted by molar-refractivity contribution is 7.91. The van der Waals surface area contributed by atoms with E-state index in [1.807, 2.05) is 24.3 Å². The molecule has 4 rings (SSSR count). The fourth-order valence-corrected chi connectivity index (χ4v) is 6.75. The smallest absolute Gasteiger partial charge is 0.227 e. The molecule has 0 spiro atoms. The molecule has 0 aromatic heterocycles. The molecule has 2 unspecified atom stereocenters. The van der Waals surface area contributed by atoms with E-state index in [2.05, 4.69) is 5.32 Å². The van der Waals surface area contributed by atoms with Gasteiger partial charge >= 0.3 is 0 Å². The summed E-state index contributed by atoms with van der Waals surface area (Å²) in [5.74, 6) is -1.97. The Morgan fingerprint density at radius 1 is 1.11 bits per heavy atom. The molecule has 7 nitrogen and oxygen atoms in total. The van der Waals surface area contributed by atoms with Gasteiger partial charge in [0.25, 0.3) is 0 Å². The lowest BCUT2D eigenvalue weighted by molar-refractivity contribution is -0.138. The van der Waals surface area contributed by atoms with E-state index in [0.717, 1.165) is 0 Å². The predicted octanol–water partition coefficient (Wildman–Crippen LogP) is 3.19. The summed E-state index contributed by atoms with van der Waals surface area (Å²) in [6.07, 6.45) is 1.45. The van der Waals surface area contributed by atoms with E-state index in [1.54, 1.807) is 37.1 Å². The Hall–Kier alpha value is -2.62. The second-order valence-electron chi connectivity index (χ2n) is 10.2. The van der Waals surface area contributed by atoms with Gasteiger partial charge in [0.15, 0.2) is 15.6 Å². The summed E-state index contributed by atoms with van der Waals surface area (Å²) in [5.41, 5.74) is 1.74. The van der Waals surface area contributed by atoms with Crippen LogP contribution >= 0.6 is 0 Å². The van der Waals surface area contributed by atoms with Crippen LogP contribution in [0.15, 0.2) is 48.5 Å². The van der Waals surface area contributed by atoms with Crippen molar-refractivity contribution in [1.29, 1.82) is 0 Å². The van der Waals surface area contributed by atoms with Crippen molar-refractivity contribution < 1.29 is 27.1 Å². The summed E-state index contributed by atoms with van der Waals surface area (Å²) in [7, 11) is -1.71. The molecule has 2 saturated heterocycles. The SMILES string of the molecule is COC(C[C@@H]1[C@@H](C(=O)c2ccccc2)CNC[C@H]1C(=O)N1CCC(S(C)(=O)=O)C1)c1cccc(F)c1C. The van der Waals surface area contributed by atoms with Gasteiger partial charge in [0.05, 0.1) is 17.3 Å². The molecule has 37 heavy (non-hydrogen) atoms. The molecular weight excluding hydrogens is 495 g/mol. The van der Waals surface area contributed by atoms with E-state index in [1.165, 1.54) is 12.3 Å². The van der Waals surface area contributed by atoms with Gasteiger partial charge in [-0.05, 0) is 42.9 Å². The molecule has 200 valence electrons. The first kappa shape index (κ1) is 27.4. The number of Topliss-reactive ketones (excluding diaryl/α,β-unsaturated/α-hetero) is 1. The van der Waals surface area contributed by atoms with Gasteiger partial charge in [-0.1, -0.05) is 42.5 Å². The molecule has 2 aliphatic heterocycles. The van der Waals surface area contributed by atoms with Crippen LogP contribution in [0.4, 0.5) is 4.39 Å². The van der Waals surface area contributed by atoms with Crippen LogP contribution in [-0.2, 0) is 19.4 Å². The third kappa shape index (κ3) is 5.94. The molecule has 9 heteroatoms. The highest BCUT2D eigenvalue weighted by atomic mass is 32.2. The number of halogens is 1. The van der Waals surface area contributed by atoms with Gasteiger partial charge in [-0.15, -0.1) is 0 Å². The molecule has 2 aliphatic rings. The van der Waals surface area contributed by atoms with Crippen molar-refractivity contribution in [2.45, 2.75) is 31.1 Å². The number of methoxy groups -OCH3 is 1. The molecule has 1 N–H and O–H groups in total. The average molecular weight is 531 g/mol. The van der Waals surface area contributed by atoms with Crippen molar-refractivity contribution in [3.05, 3.63) is 71.0 Å². The number of nitrogens with zero attached hydrogens (tertiary/aromatic N) is 1. The third-order valence-corrected chi connectivity index (χ3v) is 9.56. The molecule has 2 aromatic rings. The van der Waals surface area contributed by atoms with E-state index < -0.39 is 33.0 Å². The maximum atomic E-state index is 14.4. The first-order valence-electron chi connectivity index (χ1n) is 12.7. The number of likely N-dealkylation sites (tertiary alicyclic amines) is 1. The molecule has 1 amide bonds. The van der Waals surface area contributed by atoms with Crippen LogP contribution in [0.1, 0.15) is 40.4 Å². The van der Waals surface area contributed by atoms with Crippen LogP contribution in [0.5, 0.6) is 0 Å². The minimum absolute atomic E-state index is 0.0585. The predicted molar refractivity (Wildman–Crippen MR) is 139 cm³/mol. The van der Waals surface area contributed by atoms with Crippen LogP contribution in [0.25, 0.3) is 0 Å². The van der Waals surface area contributed by atoms with E-state index in [9.17, 15) is 22.4 Å². The van der Waals surface area contributed by atoms with Crippen LogP contribution < -0.4 is 5.32 Å². The van der Waals surface area contributed by atoms with Crippen molar-refractivity contribution in [1.82, 2.24) is 10.2 Å². The Morgan fingerprint density at radius 2 is 1.81 bits per heavy atom. The molecule has 2 aromatic carbocycles. The highest BCUT2D eigenvalue weighted by Gasteiger charge is 2.45. The number of ketones is 1. The third-order valence-electron chi connectivity index (χ3n) is 7.96.